The molecular formula is C27H28FNO4. The van der Waals surface area contributed by atoms with Crippen LogP contribution in [-0.4, -0.2) is 35.7 Å². The van der Waals surface area contributed by atoms with E-state index in [1.165, 1.54) is 12.1 Å². The molecule has 2 unspecified atom stereocenters. The minimum atomic E-state index is -0.856. The van der Waals surface area contributed by atoms with Crippen LogP contribution in [0.3, 0.4) is 0 Å². The second-order valence-corrected chi connectivity index (χ2v) is 8.23. The maximum atomic E-state index is 14.2. The number of piperidine rings is 1. The maximum Gasteiger partial charge on any atom is 0.320 e. The summed E-state index contributed by atoms with van der Waals surface area (Å²) in [5, 5.41) is 9.87. The second kappa shape index (κ2) is 10.5. The van der Waals surface area contributed by atoms with Gasteiger partial charge in [0, 0.05) is 0 Å². The molecular weight excluding hydrogens is 421 g/mol. The number of aliphatic carboxylic acids is 1. The maximum absolute atomic E-state index is 14.2. The molecule has 0 amide bonds. The summed E-state index contributed by atoms with van der Waals surface area (Å²) < 4.78 is 25.8. The van der Waals surface area contributed by atoms with Gasteiger partial charge in [0.05, 0.1) is 13.2 Å². The number of hydrogen-bond acceptors (Lipinski definition) is 4. The lowest BCUT2D eigenvalue weighted by Crippen LogP contribution is -2.46. The smallest absolute Gasteiger partial charge is 0.320 e. The van der Waals surface area contributed by atoms with E-state index in [-0.39, 0.29) is 5.82 Å². The molecule has 1 heterocycles. The lowest BCUT2D eigenvalue weighted by molar-refractivity contribution is -0.145. The molecule has 0 aliphatic carbocycles. The number of benzene rings is 3. The largest absolute Gasteiger partial charge is 0.493 e. The zero-order valence-electron chi connectivity index (χ0n) is 18.6. The molecule has 0 saturated carbocycles. The Kier molecular flexibility index (Phi) is 7.25. The number of nitrogens with zero attached hydrogens (tertiary/aromatic N) is 1. The van der Waals surface area contributed by atoms with Crippen LogP contribution in [0.25, 0.3) is 0 Å². The van der Waals surface area contributed by atoms with Gasteiger partial charge >= 0.3 is 5.97 Å². The Morgan fingerprint density at radius 1 is 1.03 bits per heavy atom. The van der Waals surface area contributed by atoms with Gasteiger partial charge in [0.25, 0.3) is 0 Å². The Labute approximate surface area is 193 Å². The summed E-state index contributed by atoms with van der Waals surface area (Å²) in [5.74, 6) is -0.0627. The van der Waals surface area contributed by atoms with Crippen LogP contribution in [0.1, 0.15) is 42.0 Å². The van der Waals surface area contributed by atoms with Crippen molar-refractivity contribution < 1.29 is 23.8 Å². The molecule has 2 atom stereocenters. The van der Waals surface area contributed by atoms with Crippen molar-refractivity contribution in [3.05, 3.63) is 95.3 Å². The molecule has 1 aliphatic heterocycles. The van der Waals surface area contributed by atoms with Crippen molar-refractivity contribution in [1.29, 1.82) is 0 Å². The number of carboxylic acid groups (broad SMARTS) is 1. The fraction of sp³-hybridized carbons (Fsp3) is 0.296. The molecule has 33 heavy (non-hydrogen) atoms. The lowest BCUT2D eigenvalue weighted by atomic mass is 9.91. The highest BCUT2D eigenvalue weighted by Gasteiger charge is 2.35. The van der Waals surface area contributed by atoms with Crippen LogP contribution < -0.4 is 9.47 Å². The number of methoxy groups -OCH3 is 1. The van der Waals surface area contributed by atoms with E-state index in [1.807, 2.05) is 59.5 Å². The Bertz CT molecular complexity index is 1090. The van der Waals surface area contributed by atoms with Crippen LogP contribution in [0, 0.1) is 5.82 Å². The van der Waals surface area contributed by atoms with Gasteiger partial charge in [-0.2, -0.15) is 0 Å². The summed E-state index contributed by atoms with van der Waals surface area (Å²) in [7, 11) is 1.58. The highest BCUT2D eigenvalue weighted by molar-refractivity contribution is 5.73. The zero-order valence-corrected chi connectivity index (χ0v) is 18.6. The first-order chi connectivity index (χ1) is 16.1. The van der Waals surface area contributed by atoms with Crippen molar-refractivity contribution in [2.24, 2.45) is 0 Å². The zero-order chi connectivity index (χ0) is 23.2. The molecule has 5 nitrogen and oxygen atoms in total. The summed E-state index contributed by atoms with van der Waals surface area (Å²) in [5.41, 5.74) is 2.58. The van der Waals surface area contributed by atoms with Crippen LogP contribution in [0.5, 0.6) is 11.5 Å². The molecule has 1 N–H and O–H groups in total. The molecule has 0 spiro atoms. The van der Waals surface area contributed by atoms with Gasteiger partial charge in [-0.05, 0) is 60.3 Å². The Balaban J connectivity index is 1.69. The predicted octanol–water partition coefficient (Wildman–Crippen LogP) is 5.44. The van der Waals surface area contributed by atoms with Gasteiger partial charge < -0.3 is 14.6 Å². The third-order valence-electron chi connectivity index (χ3n) is 6.07. The average molecular weight is 450 g/mol. The van der Waals surface area contributed by atoms with E-state index in [9.17, 15) is 14.3 Å². The van der Waals surface area contributed by atoms with Crippen molar-refractivity contribution in [3.8, 4) is 11.5 Å². The molecule has 4 rings (SSSR count). The lowest BCUT2D eigenvalue weighted by Gasteiger charge is -2.39. The first-order valence-corrected chi connectivity index (χ1v) is 11.2. The molecule has 0 aromatic heterocycles. The van der Waals surface area contributed by atoms with Crippen molar-refractivity contribution in [1.82, 2.24) is 4.90 Å². The van der Waals surface area contributed by atoms with E-state index < -0.39 is 18.1 Å². The van der Waals surface area contributed by atoms with E-state index in [4.69, 9.17) is 9.47 Å². The Morgan fingerprint density at radius 2 is 1.82 bits per heavy atom. The first kappa shape index (κ1) is 22.8. The monoisotopic (exact) mass is 449 g/mol. The van der Waals surface area contributed by atoms with Crippen LogP contribution in [0.2, 0.25) is 0 Å². The van der Waals surface area contributed by atoms with E-state index in [0.717, 1.165) is 24.0 Å². The van der Waals surface area contributed by atoms with E-state index >= 15 is 0 Å². The van der Waals surface area contributed by atoms with E-state index in [1.54, 1.807) is 13.2 Å². The first-order valence-electron chi connectivity index (χ1n) is 11.2. The summed E-state index contributed by atoms with van der Waals surface area (Å²) in [6.07, 6.45) is 2.32. The van der Waals surface area contributed by atoms with Gasteiger partial charge in [-0.25, -0.2) is 4.39 Å². The molecule has 0 bridgehead atoms. The van der Waals surface area contributed by atoms with Crippen LogP contribution in [-0.2, 0) is 11.4 Å². The summed E-state index contributed by atoms with van der Waals surface area (Å²) in [4.78, 5) is 14.0. The van der Waals surface area contributed by atoms with Crippen LogP contribution >= 0.6 is 0 Å². The molecule has 1 aliphatic rings. The molecule has 3 aromatic carbocycles. The van der Waals surface area contributed by atoms with Gasteiger partial charge in [-0.15, -0.1) is 0 Å². The minimum Gasteiger partial charge on any atom is -0.493 e. The average Bonchev–Trinajstić information content (AvgIpc) is 2.84. The predicted molar refractivity (Wildman–Crippen MR) is 124 cm³/mol. The molecule has 172 valence electrons. The standard InChI is InChI=1S/C27H28FNO4/c1-32-25-17-21(13-14-24(25)33-18-19-8-3-2-4-9-19)26(20-10-7-11-22(28)16-20)29-15-6-5-12-23(29)27(30)31/h2-4,7-11,13-14,16-17,23,26H,5-6,12,15,18H2,1H3,(H,30,31). The number of rotatable bonds is 8. The fourth-order valence-corrected chi connectivity index (χ4v) is 4.49. The number of halogens is 1. The van der Waals surface area contributed by atoms with E-state index in [2.05, 4.69) is 0 Å². The van der Waals surface area contributed by atoms with Gasteiger partial charge in [0.15, 0.2) is 11.5 Å². The van der Waals surface area contributed by atoms with Crippen molar-refractivity contribution >= 4 is 5.97 Å². The number of hydrogen-bond donors (Lipinski definition) is 1. The Hall–Kier alpha value is -3.38. The minimum absolute atomic E-state index is 0.351. The van der Waals surface area contributed by atoms with Gasteiger partial charge in [-0.1, -0.05) is 55.0 Å². The number of likely N-dealkylation sites (tertiary alicyclic amines) is 1. The topological polar surface area (TPSA) is 59.0 Å². The molecule has 1 saturated heterocycles. The van der Waals surface area contributed by atoms with Crippen molar-refractivity contribution in [3.63, 3.8) is 0 Å². The number of carboxylic acids is 1. The normalized spacial score (nSPS) is 17.3. The summed E-state index contributed by atoms with van der Waals surface area (Å²) in [6, 6.07) is 20.8. The number of carbonyl (C=O) groups is 1. The van der Waals surface area contributed by atoms with Gasteiger partial charge in [-0.3, -0.25) is 9.69 Å². The molecule has 1 fully saturated rings. The molecule has 3 aromatic rings. The quantitative estimate of drug-likeness (QED) is 0.496. The second-order valence-electron chi connectivity index (χ2n) is 8.23. The summed E-state index contributed by atoms with van der Waals surface area (Å²) >= 11 is 0. The van der Waals surface area contributed by atoms with Gasteiger partial charge in [0.1, 0.15) is 18.5 Å². The van der Waals surface area contributed by atoms with Crippen LogP contribution in [0.4, 0.5) is 4.39 Å². The highest BCUT2D eigenvalue weighted by atomic mass is 19.1. The van der Waals surface area contributed by atoms with E-state index in [0.29, 0.717) is 36.6 Å². The van der Waals surface area contributed by atoms with Crippen molar-refractivity contribution in [2.45, 2.75) is 38.0 Å². The number of ether oxygens (including phenoxy) is 2. The van der Waals surface area contributed by atoms with Gasteiger partial charge in [0.2, 0.25) is 0 Å². The molecule has 6 heteroatoms. The fourth-order valence-electron chi connectivity index (χ4n) is 4.49. The van der Waals surface area contributed by atoms with Crippen molar-refractivity contribution in [2.75, 3.05) is 13.7 Å². The Morgan fingerprint density at radius 3 is 2.55 bits per heavy atom. The SMILES string of the molecule is COc1cc(C(c2cccc(F)c2)N2CCCCC2C(=O)O)ccc1OCc1ccccc1. The van der Waals surface area contributed by atoms with Crippen LogP contribution in [0.15, 0.2) is 72.8 Å². The molecule has 0 radical (unpaired) electrons. The highest BCUT2D eigenvalue weighted by Crippen LogP contribution is 2.38. The summed E-state index contributed by atoms with van der Waals surface area (Å²) in [6.45, 7) is 1.02. The third-order valence-corrected chi connectivity index (χ3v) is 6.07. The third kappa shape index (κ3) is 5.34.